The predicted molar refractivity (Wildman–Crippen MR) is 120 cm³/mol. The number of carbonyl (C=O) groups excluding carboxylic acids is 2. The first-order chi connectivity index (χ1) is 16.3. The van der Waals surface area contributed by atoms with Crippen LogP contribution in [0.4, 0.5) is 5.69 Å². The number of nitrogens with one attached hydrogen (secondary N) is 1. The summed E-state index contributed by atoms with van der Waals surface area (Å²) in [5, 5.41) is 22.4. The average molecular weight is 469 g/mol. The fourth-order valence-corrected chi connectivity index (χ4v) is 4.71. The van der Waals surface area contributed by atoms with Crippen molar-refractivity contribution < 1.29 is 24.4 Å². The Labute approximate surface area is 195 Å². The minimum absolute atomic E-state index is 0.00241. The van der Waals surface area contributed by atoms with Crippen LogP contribution in [0.1, 0.15) is 49.1 Å². The van der Waals surface area contributed by atoms with Gasteiger partial charge in [-0.25, -0.2) is 4.98 Å². The second-order valence-electron chi connectivity index (χ2n) is 8.79. The second kappa shape index (κ2) is 10.0. The molecule has 0 spiro atoms. The molecule has 1 aromatic heterocycles. The standard InChI is InChI=1S/C23H27N5O6/c29-21(30)9-10-24-22(31)19-11-18-20(13-27(19)23(32)16-3-1-2-4-16)26(14-25-18)12-15-5-7-17(8-6-15)28(33)34/h5-8,14,16,19H,1-4,9-13H2,(H,24,31)(H,29,30). The summed E-state index contributed by atoms with van der Waals surface area (Å²) < 4.78 is 1.91. The average Bonchev–Trinajstić information content (AvgIpc) is 3.48. The molecule has 11 nitrogen and oxygen atoms in total. The zero-order valence-electron chi connectivity index (χ0n) is 18.7. The highest BCUT2D eigenvalue weighted by atomic mass is 16.6. The third kappa shape index (κ3) is 5.08. The number of carboxylic acids is 1. The lowest BCUT2D eigenvalue weighted by Gasteiger charge is -2.36. The predicted octanol–water partition coefficient (Wildman–Crippen LogP) is 1.87. The van der Waals surface area contributed by atoms with Crippen molar-refractivity contribution in [3.63, 3.8) is 0 Å². The summed E-state index contributed by atoms with van der Waals surface area (Å²) in [5.41, 5.74) is 2.42. The van der Waals surface area contributed by atoms with E-state index in [1.165, 1.54) is 12.1 Å². The molecule has 1 atom stereocenters. The number of fused-ring (bicyclic) bond motifs is 1. The lowest BCUT2D eigenvalue weighted by molar-refractivity contribution is -0.384. The molecule has 1 unspecified atom stereocenters. The van der Waals surface area contributed by atoms with Gasteiger partial charge in [0.05, 0.1) is 35.6 Å². The van der Waals surface area contributed by atoms with Crippen LogP contribution in [-0.2, 0) is 33.9 Å². The first-order valence-corrected chi connectivity index (χ1v) is 11.4. The van der Waals surface area contributed by atoms with E-state index in [1.54, 1.807) is 23.4 Å². The van der Waals surface area contributed by atoms with E-state index in [0.29, 0.717) is 6.54 Å². The van der Waals surface area contributed by atoms with E-state index in [9.17, 15) is 24.5 Å². The quantitative estimate of drug-likeness (QED) is 0.443. The summed E-state index contributed by atoms with van der Waals surface area (Å²) in [5.74, 6) is -1.54. The molecule has 4 rings (SSSR count). The second-order valence-corrected chi connectivity index (χ2v) is 8.79. The van der Waals surface area contributed by atoms with Gasteiger partial charge in [0.2, 0.25) is 11.8 Å². The van der Waals surface area contributed by atoms with Crippen molar-refractivity contribution in [2.45, 2.75) is 57.7 Å². The maximum atomic E-state index is 13.4. The molecule has 2 heterocycles. The molecule has 1 aliphatic carbocycles. The van der Waals surface area contributed by atoms with E-state index in [-0.39, 0.29) is 49.4 Å². The summed E-state index contributed by atoms with van der Waals surface area (Å²) >= 11 is 0. The Morgan fingerprint density at radius 1 is 1.18 bits per heavy atom. The SMILES string of the molecule is O=C(O)CCNC(=O)C1Cc2ncn(Cc3ccc([N+](=O)[O-])cc3)c2CN1C(=O)C1CCCC1. The number of amides is 2. The Hall–Kier alpha value is -3.76. The molecular weight excluding hydrogens is 442 g/mol. The number of aromatic nitrogens is 2. The molecule has 2 amide bonds. The number of aliphatic carboxylic acids is 1. The number of rotatable bonds is 8. The largest absolute Gasteiger partial charge is 0.481 e. The number of carbonyl (C=O) groups is 3. The Bertz CT molecular complexity index is 1090. The maximum absolute atomic E-state index is 13.4. The number of carboxylic acid groups (broad SMARTS) is 1. The van der Waals surface area contributed by atoms with Crippen LogP contribution in [-0.4, -0.2) is 54.9 Å². The van der Waals surface area contributed by atoms with Crippen LogP contribution < -0.4 is 5.32 Å². The third-order valence-corrected chi connectivity index (χ3v) is 6.54. The molecule has 0 radical (unpaired) electrons. The van der Waals surface area contributed by atoms with Crippen molar-refractivity contribution in [1.82, 2.24) is 19.8 Å². The van der Waals surface area contributed by atoms with Gasteiger partial charge in [0, 0.05) is 37.6 Å². The first kappa shape index (κ1) is 23.4. The van der Waals surface area contributed by atoms with Crippen LogP contribution in [0.3, 0.4) is 0 Å². The van der Waals surface area contributed by atoms with Crippen molar-refractivity contribution in [3.05, 3.63) is 57.7 Å². The number of benzene rings is 1. The molecule has 1 saturated carbocycles. The molecule has 2 N–H and O–H groups in total. The Kier molecular flexibility index (Phi) is 6.90. The summed E-state index contributed by atoms with van der Waals surface area (Å²) in [6, 6.07) is 5.54. The van der Waals surface area contributed by atoms with Crippen molar-refractivity contribution >= 4 is 23.5 Å². The number of non-ortho nitro benzene ring substituents is 1. The van der Waals surface area contributed by atoms with Gasteiger partial charge in [-0.3, -0.25) is 24.5 Å². The van der Waals surface area contributed by atoms with E-state index in [4.69, 9.17) is 5.11 Å². The van der Waals surface area contributed by atoms with Gasteiger partial charge in [-0.05, 0) is 18.4 Å². The van der Waals surface area contributed by atoms with Gasteiger partial charge in [-0.1, -0.05) is 25.0 Å². The van der Waals surface area contributed by atoms with Crippen LogP contribution in [0.5, 0.6) is 0 Å². The van der Waals surface area contributed by atoms with Gasteiger partial charge >= 0.3 is 5.97 Å². The molecule has 1 aromatic carbocycles. The molecule has 1 fully saturated rings. The highest BCUT2D eigenvalue weighted by Gasteiger charge is 2.39. The summed E-state index contributed by atoms with van der Waals surface area (Å²) in [6.45, 7) is 0.660. The first-order valence-electron chi connectivity index (χ1n) is 11.4. The number of hydrogen-bond acceptors (Lipinski definition) is 6. The fourth-order valence-electron chi connectivity index (χ4n) is 4.71. The topological polar surface area (TPSA) is 148 Å². The molecule has 1 aliphatic heterocycles. The van der Waals surface area contributed by atoms with Gasteiger partial charge < -0.3 is 19.9 Å². The molecular formula is C23H27N5O6. The van der Waals surface area contributed by atoms with E-state index < -0.39 is 16.9 Å². The van der Waals surface area contributed by atoms with Gasteiger partial charge in [-0.2, -0.15) is 0 Å². The summed E-state index contributed by atoms with van der Waals surface area (Å²) in [7, 11) is 0. The van der Waals surface area contributed by atoms with Gasteiger partial charge in [0.15, 0.2) is 0 Å². The molecule has 34 heavy (non-hydrogen) atoms. The molecule has 180 valence electrons. The van der Waals surface area contributed by atoms with Crippen molar-refractivity contribution in [3.8, 4) is 0 Å². The molecule has 0 saturated heterocycles. The van der Waals surface area contributed by atoms with Crippen LogP contribution in [0, 0.1) is 16.0 Å². The van der Waals surface area contributed by atoms with Crippen LogP contribution in [0.25, 0.3) is 0 Å². The maximum Gasteiger partial charge on any atom is 0.305 e. The van der Waals surface area contributed by atoms with Gasteiger partial charge in [0.25, 0.3) is 5.69 Å². The van der Waals surface area contributed by atoms with E-state index in [2.05, 4.69) is 10.3 Å². The zero-order chi connectivity index (χ0) is 24.2. The zero-order valence-corrected chi connectivity index (χ0v) is 18.7. The van der Waals surface area contributed by atoms with Crippen LogP contribution in [0.15, 0.2) is 30.6 Å². The minimum atomic E-state index is -1.00. The number of nitro groups is 1. The Balaban J connectivity index is 1.55. The normalized spacial score (nSPS) is 17.9. The van der Waals surface area contributed by atoms with Crippen molar-refractivity contribution in [2.75, 3.05) is 6.54 Å². The van der Waals surface area contributed by atoms with E-state index in [0.717, 1.165) is 42.6 Å². The molecule has 11 heteroatoms. The lowest BCUT2D eigenvalue weighted by atomic mass is 9.97. The highest BCUT2D eigenvalue weighted by molar-refractivity contribution is 5.89. The van der Waals surface area contributed by atoms with Crippen LogP contribution >= 0.6 is 0 Å². The molecule has 2 aliphatic rings. The molecule has 2 aromatic rings. The summed E-state index contributed by atoms with van der Waals surface area (Å²) in [6.07, 6.45) is 5.31. The van der Waals surface area contributed by atoms with Crippen LogP contribution in [0.2, 0.25) is 0 Å². The fraction of sp³-hybridized carbons (Fsp3) is 0.478. The monoisotopic (exact) mass is 469 g/mol. The highest BCUT2D eigenvalue weighted by Crippen LogP contribution is 2.31. The van der Waals surface area contributed by atoms with Gasteiger partial charge in [0.1, 0.15) is 6.04 Å². The summed E-state index contributed by atoms with van der Waals surface area (Å²) in [4.78, 5) is 53.6. The van der Waals surface area contributed by atoms with E-state index in [1.807, 2.05) is 4.57 Å². The van der Waals surface area contributed by atoms with E-state index >= 15 is 0 Å². The Morgan fingerprint density at radius 2 is 1.88 bits per heavy atom. The number of nitrogens with zero attached hydrogens (tertiary/aromatic N) is 4. The minimum Gasteiger partial charge on any atom is -0.481 e. The number of nitro benzene ring substituents is 1. The number of hydrogen-bond donors (Lipinski definition) is 2. The van der Waals surface area contributed by atoms with Gasteiger partial charge in [-0.15, -0.1) is 0 Å². The van der Waals surface area contributed by atoms with Crippen molar-refractivity contribution in [2.24, 2.45) is 5.92 Å². The third-order valence-electron chi connectivity index (χ3n) is 6.54. The smallest absolute Gasteiger partial charge is 0.305 e. The Morgan fingerprint density at radius 3 is 2.53 bits per heavy atom. The number of imidazole rings is 1. The van der Waals surface area contributed by atoms with Crippen molar-refractivity contribution in [1.29, 1.82) is 0 Å². The molecule has 0 bridgehead atoms. The lowest BCUT2D eigenvalue weighted by Crippen LogP contribution is -2.54.